The maximum atomic E-state index is 12.4. The first-order chi connectivity index (χ1) is 8.69. The summed E-state index contributed by atoms with van der Waals surface area (Å²) in [7, 11) is -3.66. The number of nitrogens with zero attached hydrogens (tertiary/aromatic N) is 3. The topological polar surface area (TPSA) is 64.8 Å². The van der Waals surface area contributed by atoms with Crippen molar-refractivity contribution in [1.82, 2.24) is 14.2 Å². The van der Waals surface area contributed by atoms with Crippen LogP contribution in [-0.2, 0) is 10.0 Å². The maximum Gasteiger partial charge on any atom is 0.283 e. The Morgan fingerprint density at radius 1 is 1.00 bits per heavy atom. The van der Waals surface area contributed by atoms with Crippen LogP contribution in [0.3, 0.4) is 0 Å². The van der Waals surface area contributed by atoms with E-state index in [0.717, 1.165) is 9.47 Å². The molecule has 3 rings (SSSR count). The fourth-order valence-corrected chi connectivity index (χ4v) is 3.01. The highest BCUT2D eigenvalue weighted by molar-refractivity contribution is 7.90. The number of fused-ring (bicyclic) bond motifs is 1. The Hall–Kier alpha value is -2.21. The second-order valence-electron chi connectivity index (χ2n) is 3.74. The lowest BCUT2D eigenvalue weighted by atomic mass is 10.3. The lowest BCUT2D eigenvalue weighted by Crippen LogP contribution is -2.14. The van der Waals surface area contributed by atoms with Gasteiger partial charge in [0, 0.05) is 11.6 Å². The van der Waals surface area contributed by atoms with Crippen LogP contribution in [0, 0.1) is 0 Å². The van der Waals surface area contributed by atoms with Gasteiger partial charge in [0.2, 0.25) is 0 Å². The van der Waals surface area contributed by atoms with E-state index in [9.17, 15) is 8.42 Å². The van der Waals surface area contributed by atoms with Crippen LogP contribution in [0.2, 0.25) is 0 Å². The molecule has 2 aromatic heterocycles. The zero-order chi connectivity index (χ0) is 12.6. The van der Waals surface area contributed by atoms with E-state index < -0.39 is 10.0 Å². The Balaban J connectivity index is 2.27. The first kappa shape index (κ1) is 10.9. The molecule has 0 N–H and O–H groups in total. The average molecular weight is 259 g/mol. The Kier molecular flexibility index (Phi) is 2.38. The molecule has 1 aromatic carbocycles. The smallest absolute Gasteiger partial charge is 0.262 e. The summed E-state index contributed by atoms with van der Waals surface area (Å²) in [6, 6.07) is 9.92. The summed E-state index contributed by atoms with van der Waals surface area (Å²) in [4.78, 5) is 4.13. The van der Waals surface area contributed by atoms with Gasteiger partial charge in [-0.15, -0.1) is 0 Å². The van der Waals surface area contributed by atoms with Crippen LogP contribution in [0.1, 0.15) is 0 Å². The molecular weight excluding hydrogens is 250 g/mol. The van der Waals surface area contributed by atoms with Crippen molar-refractivity contribution < 1.29 is 8.42 Å². The molecule has 0 fully saturated rings. The molecule has 0 unspecified atom stereocenters. The number of hydrogen-bond acceptors (Lipinski definition) is 4. The molecule has 0 amide bonds. The SMILES string of the molecule is O=S(=O)(c1ccccc1)n1ncc2ccncc21. The molecule has 5 nitrogen and oxygen atoms in total. The molecule has 0 saturated heterocycles. The van der Waals surface area contributed by atoms with E-state index in [2.05, 4.69) is 10.1 Å². The van der Waals surface area contributed by atoms with Gasteiger partial charge in [-0.25, -0.2) is 0 Å². The summed E-state index contributed by atoms with van der Waals surface area (Å²) in [5, 5.41) is 4.67. The lowest BCUT2D eigenvalue weighted by molar-refractivity contribution is 0.582. The van der Waals surface area contributed by atoms with Crippen molar-refractivity contribution in [2.24, 2.45) is 0 Å². The minimum atomic E-state index is -3.66. The highest BCUT2D eigenvalue weighted by atomic mass is 32.2. The quantitative estimate of drug-likeness (QED) is 0.702. The van der Waals surface area contributed by atoms with E-state index in [1.54, 1.807) is 42.6 Å². The first-order valence-corrected chi connectivity index (χ1v) is 6.72. The molecule has 2 heterocycles. The van der Waals surface area contributed by atoms with Gasteiger partial charge < -0.3 is 0 Å². The van der Waals surface area contributed by atoms with Crippen molar-refractivity contribution >= 4 is 20.9 Å². The minimum Gasteiger partial charge on any atom is -0.262 e. The van der Waals surface area contributed by atoms with Crippen molar-refractivity contribution in [2.45, 2.75) is 4.90 Å². The van der Waals surface area contributed by atoms with Crippen molar-refractivity contribution in [2.75, 3.05) is 0 Å². The molecule has 0 aliphatic carbocycles. The van der Waals surface area contributed by atoms with Crippen molar-refractivity contribution in [1.29, 1.82) is 0 Å². The van der Waals surface area contributed by atoms with Gasteiger partial charge in [-0.05, 0) is 18.2 Å². The van der Waals surface area contributed by atoms with Crippen LogP contribution in [0.5, 0.6) is 0 Å². The Bertz CT molecular complexity index is 794. The van der Waals surface area contributed by atoms with Gasteiger partial charge in [-0.2, -0.15) is 17.6 Å². The number of aromatic nitrogens is 3. The second-order valence-corrected chi connectivity index (χ2v) is 5.51. The molecule has 0 spiro atoms. The predicted molar refractivity (Wildman–Crippen MR) is 66.6 cm³/mol. The third-order valence-electron chi connectivity index (χ3n) is 2.61. The first-order valence-electron chi connectivity index (χ1n) is 5.28. The Morgan fingerprint density at radius 3 is 2.56 bits per heavy atom. The molecule has 0 bridgehead atoms. The van der Waals surface area contributed by atoms with Crippen LogP contribution in [0.4, 0.5) is 0 Å². The van der Waals surface area contributed by atoms with Gasteiger partial charge in [-0.3, -0.25) is 4.98 Å². The Labute approximate surface area is 104 Å². The fraction of sp³-hybridized carbons (Fsp3) is 0. The fourth-order valence-electron chi connectivity index (χ4n) is 1.73. The molecule has 0 aliphatic heterocycles. The summed E-state index contributed by atoms with van der Waals surface area (Å²) in [6.45, 7) is 0. The lowest BCUT2D eigenvalue weighted by Gasteiger charge is -2.04. The molecule has 0 saturated carbocycles. The molecule has 0 aliphatic rings. The van der Waals surface area contributed by atoms with Crippen molar-refractivity contribution in [3.05, 3.63) is 55.0 Å². The molecule has 18 heavy (non-hydrogen) atoms. The molecule has 0 radical (unpaired) electrons. The summed E-state index contributed by atoms with van der Waals surface area (Å²) in [6.07, 6.45) is 4.60. The standard InChI is InChI=1S/C12H9N3O2S/c16-18(17,11-4-2-1-3-5-11)15-12-9-13-7-6-10(12)8-14-15/h1-9H. The molecular formula is C12H9N3O2S. The third kappa shape index (κ3) is 1.58. The summed E-state index contributed by atoms with van der Waals surface area (Å²) in [5.74, 6) is 0. The van der Waals surface area contributed by atoms with Crippen LogP contribution in [0.15, 0.2) is 59.9 Å². The number of benzene rings is 1. The van der Waals surface area contributed by atoms with Gasteiger partial charge in [0.25, 0.3) is 10.0 Å². The Morgan fingerprint density at radius 2 is 1.78 bits per heavy atom. The number of hydrogen-bond donors (Lipinski definition) is 0. The number of pyridine rings is 1. The predicted octanol–water partition coefficient (Wildman–Crippen LogP) is 1.67. The zero-order valence-corrected chi connectivity index (χ0v) is 10.1. The maximum absolute atomic E-state index is 12.4. The molecule has 90 valence electrons. The van der Waals surface area contributed by atoms with E-state index in [0.29, 0.717) is 5.52 Å². The monoisotopic (exact) mass is 259 g/mol. The van der Waals surface area contributed by atoms with E-state index in [1.807, 2.05) is 0 Å². The van der Waals surface area contributed by atoms with E-state index in [4.69, 9.17) is 0 Å². The van der Waals surface area contributed by atoms with Crippen LogP contribution < -0.4 is 0 Å². The van der Waals surface area contributed by atoms with Crippen molar-refractivity contribution in [3.8, 4) is 0 Å². The summed E-state index contributed by atoms with van der Waals surface area (Å²) in [5.41, 5.74) is 0.473. The largest absolute Gasteiger partial charge is 0.283 e. The highest BCUT2D eigenvalue weighted by Crippen LogP contribution is 2.18. The van der Waals surface area contributed by atoms with Gasteiger partial charge in [-0.1, -0.05) is 18.2 Å². The summed E-state index contributed by atoms with van der Waals surface area (Å²) >= 11 is 0. The minimum absolute atomic E-state index is 0.207. The van der Waals surface area contributed by atoms with Gasteiger partial charge in [0.05, 0.1) is 17.3 Å². The van der Waals surface area contributed by atoms with Crippen LogP contribution in [0.25, 0.3) is 10.9 Å². The van der Waals surface area contributed by atoms with Crippen LogP contribution >= 0.6 is 0 Å². The molecule has 3 aromatic rings. The molecule has 6 heteroatoms. The van der Waals surface area contributed by atoms with Gasteiger partial charge >= 0.3 is 0 Å². The zero-order valence-electron chi connectivity index (χ0n) is 9.26. The summed E-state index contributed by atoms with van der Waals surface area (Å²) < 4.78 is 25.8. The van der Waals surface area contributed by atoms with Gasteiger partial charge in [0.1, 0.15) is 5.52 Å². The van der Waals surface area contributed by atoms with E-state index >= 15 is 0 Å². The normalized spacial score (nSPS) is 11.8. The average Bonchev–Trinajstić information content (AvgIpc) is 2.84. The van der Waals surface area contributed by atoms with E-state index in [1.165, 1.54) is 12.4 Å². The van der Waals surface area contributed by atoms with Crippen LogP contribution in [-0.4, -0.2) is 22.6 Å². The van der Waals surface area contributed by atoms with E-state index in [-0.39, 0.29) is 4.90 Å². The molecule has 0 atom stereocenters. The third-order valence-corrected chi connectivity index (χ3v) is 4.22. The highest BCUT2D eigenvalue weighted by Gasteiger charge is 2.19. The number of rotatable bonds is 2. The second kappa shape index (κ2) is 3.92. The van der Waals surface area contributed by atoms with Gasteiger partial charge in [0.15, 0.2) is 0 Å². The van der Waals surface area contributed by atoms with Crippen molar-refractivity contribution in [3.63, 3.8) is 0 Å².